The zero-order valence-electron chi connectivity index (χ0n) is 10.0. The number of anilines is 1. The molecule has 18 heavy (non-hydrogen) atoms. The number of hydrogen-bond acceptors (Lipinski definition) is 4. The first-order valence-corrected chi connectivity index (χ1v) is 7.51. The van der Waals surface area contributed by atoms with Crippen LogP contribution in [-0.4, -0.2) is 10.9 Å². The topological polar surface area (TPSA) is 64.4 Å². The van der Waals surface area contributed by atoms with Crippen LogP contribution < -0.4 is 11.5 Å². The number of nitrogen functional groups attached to an aromatic ring is 1. The number of benzene rings is 1. The van der Waals surface area contributed by atoms with Crippen LogP contribution >= 0.6 is 23.4 Å². The standard InChI is InChI=1S/C13H16ClN3S/c14-10-4-9(5-11(15)6-10)13-3-1-2-8(13)7-18-12(16)17-13/h4-6,8H,1-3,7,15H2,(H2,16,17)/t8-,13-/m0/s1. The quantitative estimate of drug-likeness (QED) is 0.778. The summed E-state index contributed by atoms with van der Waals surface area (Å²) in [6.07, 6.45) is 3.43. The summed E-state index contributed by atoms with van der Waals surface area (Å²) in [7, 11) is 0. The van der Waals surface area contributed by atoms with Crippen molar-refractivity contribution in [1.29, 1.82) is 0 Å². The molecule has 0 unspecified atom stereocenters. The first-order valence-electron chi connectivity index (χ1n) is 6.15. The molecule has 3 nitrogen and oxygen atoms in total. The van der Waals surface area contributed by atoms with Crippen LogP contribution in [0.4, 0.5) is 5.69 Å². The summed E-state index contributed by atoms with van der Waals surface area (Å²) in [6, 6.07) is 5.76. The zero-order chi connectivity index (χ0) is 12.8. The van der Waals surface area contributed by atoms with Crippen molar-refractivity contribution < 1.29 is 0 Å². The van der Waals surface area contributed by atoms with Crippen molar-refractivity contribution in [3.8, 4) is 0 Å². The van der Waals surface area contributed by atoms with Crippen LogP contribution in [0.25, 0.3) is 0 Å². The molecule has 1 fully saturated rings. The molecule has 96 valence electrons. The minimum absolute atomic E-state index is 0.186. The number of aliphatic imine (C=N–C) groups is 1. The first kappa shape index (κ1) is 12.2. The Hall–Kier alpha value is -0.870. The van der Waals surface area contributed by atoms with Crippen molar-refractivity contribution in [2.75, 3.05) is 11.5 Å². The van der Waals surface area contributed by atoms with Gasteiger partial charge < -0.3 is 11.5 Å². The van der Waals surface area contributed by atoms with Crippen LogP contribution in [0, 0.1) is 5.92 Å². The number of nitrogens with zero attached hydrogens (tertiary/aromatic N) is 1. The highest BCUT2D eigenvalue weighted by molar-refractivity contribution is 8.13. The molecular weight excluding hydrogens is 266 g/mol. The highest BCUT2D eigenvalue weighted by atomic mass is 35.5. The number of amidine groups is 1. The second-order valence-corrected chi connectivity index (χ2v) is 6.52. The first-order chi connectivity index (χ1) is 8.60. The smallest absolute Gasteiger partial charge is 0.154 e. The van der Waals surface area contributed by atoms with Crippen LogP contribution in [0.5, 0.6) is 0 Å². The van der Waals surface area contributed by atoms with Gasteiger partial charge in [-0.3, -0.25) is 4.99 Å². The Morgan fingerprint density at radius 3 is 2.94 bits per heavy atom. The summed E-state index contributed by atoms with van der Waals surface area (Å²) in [6.45, 7) is 0. The van der Waals surface area contributed by atoms with Crippen LogP contribution in [0.2, 0.25) is 5.02 Å². The van der Waals surface area contributed by atoms with E-state index < -0.39 is 0 Å². The largest absolute Gasteiger partial charge is 0.399 e. The van der Waals surface area contributed by atoms with Gasteiger partial charge in [-0.1, -0.05) is 29.8 Å². The molecule has 0 spiro atoms. The van der Waals surface area contributed by atoms with Gasteiger partial charge >= 0.3 is 0 Å². The van der Waals surface area contributed by atoms with Crippen molar-refractivity contribution in [2.45, 2.75) is 24.8 Å². The Balaban J connectivity index is 2.14. The number of fused-ring (bicyclic) bond motifs is 1. The lowest BCUT2D eigenvalue weighted by Crippen LogP contribution is -2.36. The van der Waals surface area contributed by atoms with Gasteiger partial charge in [0.05, 0.1) is 5.54 Å². The summed E-state index contributed by atoms with van der Waals surface area (Å²) in [5, 5.41) is 1.36. The minimum Gasteiger partial charge on any atom is -0.399 e. The lowest BCUT2D eigenvalue weighted by atomic mass is 9.81. The highest BCUT2D eigenvalue weighted by Gasteiger charge is 2.46. The zero-order valence-corrected chi connectivity index (χ0v) is 11.6. The van der Waals surface area contributed by atoms with Gasteiger partial charge in [-0.2, -0.15) is 0 Å². The van der Waals surface area contributed by atoms with E-state index in [0.29, 0.717) is 21.8 Å². The Morgan fingerprint density at radius 2 is 2.17 bits per heavy atom. The summed E-state index contributed by atoms with van der Waals surface area (Å²) < 4.78 is 0. The molecule has 4 N–H and O–H groups in total. The summed E-state index contributed by atoms with van der Waals surface area (Å²) in [5.74, 6) is 1.59. The number of halogens is 1. The van der Waals surface area contributed by atoms with Gasteiger partial charge in [0.2, 0.25) is 0 Å². The van der Waals surface area contributed by atoms with E-state index in [0.717, 1.165) is 17.7 Å². The average Bonchev–Trinajstić information content (AvgIpc) is 2.71. The third-order valence-corrected chi connectivity index (χ3v) is 5.12. The molecule has 1 heterocycles. The van der Waals surface area contributed by atoms with Gasteiger partial charge in [0.25, 0.3) is 0 Å². The molecule has 0 saturated heterocycles. The molecule has 0 bridgehead atoms. The van der Waals surface area contributed by atoms with E-state index in [-0.39, 0.29) is 5.54 Å². The van der Waals surface area contributed by atoms with E-state index in [1.54, 1.807) is 17.8 Å². The van der Waals surface area contributed by atoms with Crippen LogP contribution in [0.15, 0.2) is 23.2 Å². The van der Waals surface area contributed by atoms with Gasteiger partial charge in [0.1, 0.15) is 0 Å². The summed E-state index contributed by atoms with van der Waals surface area (Å²) in [5.41, 5.74) is 13.5. The summed E-state index contributed by atoms with van der Waals surface area (Å²) in [4.78, 5) is 4.77. The maximum atomic E-state index is 6.13. The van der Waals surface area contributed by atoms with E-state index in [1.165, 1.54) is 12.8 Å². The van der Waals surface area contributed by atoms with Gasteiger partial charge in [-0.05, 0) is 42.5 Å². The summed E-state index contributed by atoms with van der Waals surface area (Å²) >= 11 is 7.79. The second-order valence-electron chi connectivity index (χ2n) is 5.05. The lowest BCUT2D eigenvalue weighted by Gasteiger charge is -2.36. The molecule has 1 aromatic rings. The van der Waals surface area contributed by atoms with E-state index in [1.807, 2.05) is 12.1 Å². The van der Waals surface area contributed by atoms with Crippen molar-refractivity contribution in [1.82, 2.24) is 0 Å². The molecule has 0 aromatic heterocycles. The van der Waals surface area contributed by atoms with E-state index >= 15 is 0 Å². The third kappa shape index (κ3) is 1.88. The molecule has 0 amide bonds. The minimum atomic E-state index is -0.186. The molecule has 1 saturated carbocycles. The van der Waals surface area contributed by atoms with Crippen molar-refractivity contribution in [2.24, 2.45) is 16.6 Å². The van der Waals surface area contributed by atoms with Crippen LogP contribution in [0.3, 0.4) is 0 Å². The van der Waals surface area contributed by atoms with Gasteiger partial charge in [0.15, 0.2) is 5.17 Å². The molecule has 1 aromatic carbocycles. The number of thioether (sulfide) groups is 1. The SMILES string of the molecule is NC1=N[C@@]2(c3cc(N)cc(Cl)c3)CCC[C@H]2CS1. The molecule has 1 aliphatic heterocycles. The Kier molecular flexibility index (Phi) is 2.94. The number of rotatable bonds is 1. The fourth-order valence-electron chi connectivity index (χ4n) is 3.15. The van der Waals surface area contributed by atoms with Gasteiger partial charge in [-0.25, -0.2) is 0 Å². The van der Waals surface area contributed by atoms with Crippen molar-refractivity contribution >= 4 is 34.2 Å². The van der Waals surface area contributed by atoms with Gasteiger partial charge in [-0.15, -0.1) is 0 Å². The maximum absolute atomic E-state index is 6.13. The predicted molar refractivity (Wildman–Crippen MR) is 79.0 cm³/mol. The normalized spacial score (nSPS) is 30.9. The van der Waals surface area contributed by atoms with Crippen LogP contribution in [0.1, 0.15) is 24.8 Å². The van der Waals surface area contributed by atoms with Crippen molar-refractivity contribution in [3.63, 3.8) is 0 Å². The van der Waals surface area contributed by atoms with E-state index in [9.17, 15) is 0 Å². The molecular formula is C13H16ClN3S. The maximum Gasteiger partial charge on any atom is 0.154 e. The fourth-order valence-corrected chi connectivity index (χ4v) is 4.44. The van der Waals surface area contributed by atoms with E-state index in [4.69, 9.17) is 28.1 Å². The van der Waals surface area contributed by atoms with Gasteiger partial charge in [0, 0.05) is 16.5 Å². The Morgan fingerprint density at radius 1 is 1.33 bits per heavy atom. The van der Waals surface area contributed by atoms with Crippen LogP contribution in [-0.2, 0) is 5.54 Å². The molecule has 5 heteroatoms. The molecule has 3 rings (SSSR count). The molecule has 2 aliphatic rings. The lowest BCUT2D eigenvalue weighted by molar-refractivity contribution is 0.356. The molecule has 1 aliphatic carbocycles. The average molecular weight is 282 g/mol. The Labute approximate surface area is 116 Å². The van der Waals surface area contributed by atoms with E-state index in [2.05, 4.69) is 0 Å². The fraction of sp³-hybridized carbons (Fsp3) is 0.462. The second kappa shape index (κ2) is 4.35. The predicted octanol–water partition coefficient (Wildman–Crippen LogP) is 2.98. The monoisotopic (exact) mass is 281 g/mol. The molecule has 0 radical (unpaired) electrons. The van der Waals surface area contributed by atoms with Crippen molar-refractivity contribution in [3.05, 3.63) is 28.8 Å². The highest BCUT2D eigenvalue weighted by Crippen LogP contribution is 2.51. The Bertz CT molecular complexity index is 497. The number of nitrogens with two attached hydrogens (primary N) is 2. The number of hydrogen-bond donors (Lipinski definition) is 2. The third-order valence-electron chi connectivity index (χ3n) is 3.95. The molecule has 2 atom stereocenters.